The maximum Gasteiger partial charge on any atom is 0.278 e. The molecule has 1 saturated heterocycles. The van der Waals surface area contributed by atoms with Crippen LogP contribution >= 0.6 is 11.8 Å². The SMILES string of the molecule is CN1C(=O)c2c(O)c(=O)c(C(=N)SC(=[NH2+])Cc3ccc(F)cc3F)cn2N(C)C12CCC1C(=O)NC(=O)C1C2. The molecule has 14 heteroatoms. The molecule has 3 amide bonds. The van der Waals surface area contributed by atoms with E-state index in [9.17, 15) is 33.1 Å². The smallest absolute Gasteiger partial charge is 0.278 e. The molecule has 3 unspecified atom stereocenters. The Kier molecular flexibility index (Phi) is 6.32. The third-order valence-electron chi connectivity index (χ3n) is 7.89. The van der Waals surface area contributed by atoms with Crippen LogP contribution in [0.3, 0.4) is 0 Å². The number of hydrogen-bond acceptors (Lipinski definition) is 8. The van der Waals surface area contributed by atoms with Gasteiger partial charge in [0.15, 0.2) is 11.4 Å². The normalized spacial score (nSPS) is 24.1. The third-order valence-corrected chi connectivity index (χ3v) is 8.72. The largest absolute Gasteiger partial charge is 0.502 e. The van der Waals surface area contributed by atoms with Gasteiger partial charge in [0.05, 0.1) is 23.8 Å². The van der Waals surface area contributed by atoms with Crippen LogP contribution in [0.5, 0.6) is 5.75 Å². The number of benzene rings is 1. The molecule has 3 aliphatic rings. The van der Waals surface area contributed by atoms with E-state index >= 15 is 0 Å². The fourth-order valence-corrected chi connectivity index (χ4v) is 6.45. The Morgan fingerprint density at radius 1 is 1.21 bits per heavy atom. The molecule has 2 aromatic rings. The van der Waals surface area contributed by atoms with Crippen LogP contribution in [-0.4, -0.2) is 62.2 Å². The lowest BCUT2D eigenvalue weighted by atomic mass is 9.73. The molecule has 0 radical (unpaired) electrons. The number of carbonyl (C=O) groups excluding carboxylic acids is 3. The van der Waals surface area contributed by atoms with Gasteiger partial charge in [-0.15, -0.1) is 0 Å². The Morgan fingerprint density at radius 3 is 2.59 bits per heavy atom. The third kappa shape index (κ3) is 4.09. The minimum Gasteiger partial charge on any atom is -0.502 e. The number of aromatic hydroxyl groups is 1. The molecule has 1 saturated carbocycles. The van der Waals surface area contributed by atoms with Crippen molar-refractivity contribution in [3.8, 4) is 5.75 Å². The van der Waals surface area contributed by atoms with E-state index < -0.39 is 52.1 Å². The van der Waals surface area contributed by atoms with Gasteiger partial charge in [0.2, 0.25) is 22.3 Å². The first kappa shape index (κ1) is 26.5. The summed E-state index contributed by atoms with van der Waals surface area (Å²) in [5.74, 6) is -4.95. The van der Waals surface area contributed by atoms with Gasteiger partial charge in [0, 0.05) is 32.8 Å². The molecule has 2 fully saturated rings. The zero-order valence-corrected chi connectivity index (χ0v) is 21.8. The van der Waals surface area contributed by atoms with E-state index in [1.54, 1.807) is 12.1 Å². The zero-order chi connectivity index (χ0) is 28.4. The number of halogens is 2. The number of imide groups is 1. The van der Waals surface area contributed by atoms with E-state index in [0.29, 0.717) is 30.7 Å². The molecule has 1 aromatic carbocycles. The van der Waals surface area contributed by atoms with Gasteiger partial charge in [0.1, 0.15) is 22.3 Å². The number of pyridine rings is 1. The van der Waals surface area contributed by atoms with Crippen LogP contribution in [0.2, 0.25) is 0 Å². The van der Waals surface area contributed by atoms with Gasteiger partial charge in [-0.25, -0.2) is 8.78 Å². The first-order chi connectivity index (χ1) is 18.4. The lowest BCUT2D eigenvalue weighted by Gasteiger charge is -2.56. The number of aromatic nitrogens is 1. The quantitative estimate of drug-likeness (QED) is 0.228. The highest BCUT2D eigenvalue weighted by molar-refractivity contribution is 8.26. The number of nitrogens with one attached hydrogen (secondary N) is 2. The highest BCUT2D eigenvalue weighted by Crippen LogP contribution is 2.45. The second-order valence-corrected chi connectivity index (χ2v) is 11.0. The van der Waals surface area contributed by atoms with E-state index in [4.69, 9.17) is 10.8 Å². The van der Waals surface area contributed by atoms with Crippen molar-refractivity contribution in [2.45, 2.75) is 31.3 Å². The molecule has 3 heterocycles. The molecule has 204 valence electrons. The summed E-state index contributed by atoms with van der Waals surface area (Å²) in [4.78, 5) is 52.5. The predicted molar refractivity (Wildman–Crippen MR) is 137 cm³/mol. The number of nitrogens with two attached hydrogens (primary N) is 1. The Morgan fingerprint density at radius 2 is 1.90 bits per heavy atom. The van der Waals surface area contributed by atoms with E-state index in [2.05, 4.69) is 5.32 Å². The predicted octanol–water partition coefficient (Wildman–Crippen LogP) is -0.287. The Hall–Kier alpha value is -4.07. The topological polar surface area (TPSA) is 161 Å². The van der Waals surface area contributed by atoms with Crippen molar-refractivity contribution >= 4 is 39.6 Å². The number of rotatable bonds is 3. The molecule has 0 bridgehead atoms. The average molecular weight is 560 g/mol. The van der Waals surface area contributed by atoms with E-state index in [0.717, 1.165) is 6.07 Å². The molecular weight excluding hydrogens is 534 g/mol. The number of fused-ring (bicyclic) bond motifs is 2. The van der Waals surface area contributed by atoms with Crippen LogP contribution in [0.15, 0.2) is 29.2 Å². The molecule has 11 nitrogen and oxygen atoms in total. The fourth-order valence-electron chi connectivity index (χ4n) is 5.71. The van der Waals surface area contributed by atoms with Gasteiger partial charge in [-0.05, 0) is 36.2 Å². The Bertz CT molecular complexity index is 1540. The summed E-state index contributed by atoms with van der Waals surface area (Å²) in [7, 11) is 3.14. The maximum absolute atomic E-state index is 14.0. The van der Waals surface area contributed by atoms with Crippen molar-refractivity contribution in [1.82, 2.24) is 14.9 Å². The molecule has 1 aromatic heterocycles. The lowest BCUT2D eigenvalue weighted by molar-refractivity contribution is -0.126. The highest BCUT2D eigenvalue weighted by Gasteiger charge is 2.57. The summed E-state index contributed by atoms with van der Waals surface area (Å²) in [6, 6.07) is 3.02. The second-order valence-electron chi connectivity index (χ2n) is 9.90. The summed E-state index contributed by atoms with van der Waals surface area (Å²) < 4.78 is 28.5. The van der Waals surface area contributed by atoms with Crippen molar-refractivity contribution in [1.29, 1.82) is 5.41 Å². The molecule has 1 aliphatic carbocycles. The van der Waals surface area contributed by atoms with Gasteiger partial charge in [-0.1, -0.05) is 6.07 Å². The summed E-state index contributed by atoms with van der Waals surface area (Å²) in [6.07, 6.45) is 1.93. The summed E-state index contributed by atoms with van der Waals surface area (Å²) in [5.41, 5.74) is -2.48. The molecule has 39 heavy (non-hydrogen) atoms. The van der Waals surface area contributed by atoms with Crippen molar-refractivity contribution in [3.63, 3.8) is 0 Å². The Labute approximate surface area is 224 Å². The lowest BCUT2D eigenvalue weighted by Crippen LogP contribution is -2.70. The van der Waals surface area contributed by atoms with Crippen molar-refractivity contribution in [3.05, 3.63) is 63.1 Å². The van der Waals surface area contributed by atoms with Gasteiger partial charge in [-0.2, -0.15) is 0 Å². The van der Waals surface area contributed by atoms with Gasteiger partial charge in [-0.3, -0.25) is 45.0 Å². The van der Waals surface area contributed by atoms with Crippen LogP contribution in [0.4, 0.5) is 8.78 Å². The van der Waals surface area contributed by atoms with Crippen LogP contribution in [0.25, 0.3) is 0 Å². The minimum atomic E-state index is -1.05. The fraction of sp³-hybridized carbons (Fsp3) is 0.360. The van der Waals surface area contributed by atoms with Crippen molar-refractivity contribution < 1.29 is 33.7 Å². The van der Waals surface area contributed by atoms with Crippen molar-refractivity contribution in [2.24, 2.45) is 11.8 Å². The van der Waals surface area contributed by atoms with Crippen LogP contribution in [-0.2, 0) is 16.0 Å². The minimum absolute atomic E-state index is 0.0444. The number of carbonyl (C=O) groups is 3. The van der Waals surface area contributed by atoms with Crippen LogP contribution < -0.4 is 21.2 Å². The number of hydrogen-bond donors (Lipinski definition) is 4. The molecular formula is C25H25F2N6O5S+. The first-order valence-corrected chi connectivity index (χ1v) is 12.8. The number of amides is 3. The van der Waals surface area contributed by atoms with Crippen LogP contribution in [0, 0.1) is 28.9 Å². The molecule has 1 spiro atoms. The Balaban J connectivity index is 1.47. The monoisotopic (exact) mass is 559 g/mol. The maximum atomic E-state index is 14.0. The molecule has 2 aliphatic heterocycles. The van der Waals surface area contributed by atoms with Gasteiger partial charge < -0.3 is 10.0 Å². The standard InChI is InChI=1S/C25H24F2N6O5S/c1-31-24(38)18-20(35)19(34)15(21(29)39-17(28)7-11-3-4-12(26)8-16(11)27)10-33(18)32(2)25(31)6-5-13-14(9-25)23(37)30-22(13)36/h3-4,8,10,13-14,28-29,35H,5-7,9H2,1-2H3,(H,30,36,37)/p+1. The van der Waals surface area contributed by atoms with Gasteiger partial charge in [0.25, 0.3) is 5.91 Å². The second kappa shape index (κ2) is 9.29. The van der Waals surface area contributed by atoms with E-state index in [1.807, 2.05) is 0 Å². The summed E-state index contributed by atoms with van der Waals surface area (Å²) in [6.45, 7) is 0. The van der Waals surface area contributed by atoms with Crippen LogP contribution in [0.1, 0.15) is 40.9 Å². The summed E-state index contributed by atoms with van der Waals surface area (Å²) >= 11 is 0.665. The molecule has 5 N–H and O–H groups in total. The first-order valence-electron chi connectivity index (χ1n) is 12.0. The average Bonchev–Trinajstić information content (AvgIpc) is 3.17. The molecule has 3 atom stereocenters. The van der Waals surface area contributed by atoms with Crippen molar-refractivity contribution in [2.75, 3.05) is 19.1 Å². The van der Waals surface area contributed by atoms with Gasteiger partial charge >= 0.3 is 0 Å². The zero-order valence-electron chi connectivity index (χ0n) is 21.0. The van der Waals surface area contributed by atoms with E-state index in [1.165, 1.54) is 28.9 Å². The summed E-state index contributed by atoms with van der Waals surface area (Å²) in [5, 5.41) is 28.9. The van der Waals surface area contributed by atoms with E-state index in [-0.39, 0.29) is 45.7 Å². The highest BCUT2D eigenvalue weighted by atomic mass is 32.2. The molecule has 5 rings (SSSR count). The number of thioether (sulfide) groups is 1. The number of nitrogens with zero attached hydrogens (tertiary/aromatic N) is 3.